The largest absolute Gasteiger partial charge is 0.461 e. The minimum absolute atomic E-state index is 0.209. The number of hydrogen-bond donors (Lipinski definition) is 0. The third-order valence-electron chi connectivity index (χ3n) is 5.13. The van der Waals surface area contributed by atoms with Gasteiger partial charge in [0.2, 0.25) is 11.7 Å². The van der Waals surface area contributed by atoms with Gasteiger partial charge >= 0.3 is 0 Å². The van der Waals surface area contributed by atoms with Gasteiger partial charge in [0.15, 0.2) is 10.9 Å². The second-order valence-corrected chi connectivity index (χ2v) is 7.76. The second kappa shape index (κ2) is 7.64. The molecule has 134 valence electrons. The van der Waals surface area contributed by atoms with Crippen molar-refractivity contribution in [1.82, 2.24) is 19.7 Å². The maximum absolute atomic E-state index is 12.4. The van der Waals surface area contributed by atoms with Gasteiger partial charge in [0, 0.05) is 19.1 Å². The molecule has 6 nitrogen and oxygen atoms in total. The summed E-state index contributed by atoms with van der Waals surface area (Å²) >= 11 is 1.51. The highest BCUT2D eigenvalue weighted by atomic mass is 32.2. The van der Waals surface area contributed by atoms with E-state index in [1.807, 2.05) is 17.0 Å². The summed E-state index contributed by atoms with van der Waals surface area (Å²) in [4.78, 5) is 14.3. The van der Waals surface area contributed by atoms with Crippen LogP contribution in [-0.4, -0.2) is 44.4 Å². The predicted octanol–water partition coefficient (Wildman–Crippen LogP) is 3.76. The molecule has 0 radical (unpaired) electrons. The Hall–Kier alpha value is -1.76. The number of carbonyl (C=O) groups excluding carboxylic acids is 1. The molecule has 25 heavy (non-hydrogen) atoms. The first kappa shape index (κ1) is 16.7. The highest BCUT2D eigenvalue weighted by molar-refractivity contribution is 7.99. The number of hydrogen-bond acceptors (Lipinski definition) is 5. The molecule has 0 bridgehead atoms. The maximum Gasteiger partial charge on any atom is 0.233 e. The quantitative estimate of drug-likeness (QED) is 0.760. The highest BCUT2D eigenvalue weighted by Crippen LogP contribution is 2.35. The fourth-order valence-electron chi connectivity index (χ4n) is 3.80. The Balaban J connectivity index is 1.55. The summed E-state index contributed by atoms with van der Waals surface area (Å²) in [6.07, 6.45) is 9.95. The maximum atomic E-state index is 12.4. The monoisotopic (exact) mass is 360 g/mol. The van der Waals surface area contributed by atoms with Gasteiger partial charge in [-0.3, -0.25) is 9.36 Å². The van der Waals surface area contributed by atoms with Crippen LogP contribution in [0.2, 0.25) is 0 Å². The number of nitrogens with zero attached hydrogens (tertiary/aromatic N) is 4. The van der Waals surface area contributed by atoms with Crippen LogP contribution in [0.25, 0.3) is 11.6 Å². The van der Waals surface area contributed by atoms with Crippen molar-refractivity contribution < 1.29 is 9.21 Å². The molecule has 1 saturated heterocycles. The molecule has 4 rings (SSSR count). The summed E-state index contributed by atoms with van der Waals surface area (Å²) in [6.45, 7) is 1.79. The van der Waals surface area contributed by atoms with Gasteiger partial charge in [0.05, 0.1) is 12.0 Å². The van der Waals surface area contributed by atoms with Crippen molar-refractivity contribution in [3.05, 3.63) is 18.4 Å². The minimum atomic E-state index is 0.209. The van der Waals surface area contributed by atoms with E-state index in [0.29, 0.717) is 11.8 Å². The molecule has 0 atom stereocenters. The number of carbonyl (C=O) groups is 1. The van der Waals surface area contributed by atoms with Crippen LogP contribution in [0.5, 0.6) is 0 Å². The normalized spacial score (nSPS) is 18.8. The highest BCUT2D eigenvalue weighted by Gasteiger charge is 2.26. The first-order valence-corrected chi connectivity index (χ1v) is 10.2. The van der Waals surface area contributed by atoms with Crippen molar-refractivity contribution in [2.24, 2.45) is 0 Å². The van der Waals surface area contributed by atoms with Crippen molar-refractivity contribution in [2.75, 3.05) is 18.8 Å². The molecule has 7 heteroatoms. The summed E-state index contributed by atoms with van der Waals surface area (Å²) in [7, 11) is 0. The van der Waals surface area contributed by atoms with Crippen LogP contribution in [0.3, 0.4) is 0 Å². The molecule has 0 spiro atoms. The average molecular weight is 360 g/mol. The SMILES string of the molecule is O=C(CSc1nnc(-c2ccco2)n1C1CCCCC1)N1CCCC1. The van der Waals surface area contributed by atoms with E-state index in [1.54, 1.807) is 6.26 Å². The third kappa shape index (κ3) is 3.61. The van der Waals surface area contributed by atoms with Crippen LogP contribution < -0.4 is 0 Å². The van der Waals surface area contributed by atoms with Gasteiger partial charge in [-0.15, -0.1) is 10.2 Å². The molecular weight excluding hydrogens is 336 g/mol. The van der Waals surface area contributed by atoms with Gasteiger partial charge < -0.3 is 9.32 Å². The zero-order valence-corrected chi connectivity index (χ0v) is 15.2. The minimum Gasteiger partial charge on any atom is -0.461 e. The van der Waals surface area contributed by atoms with Crippen molar-refractivity contribution in [3.63, 3.8) is 0 Å². The van der Waals surface area contributed by atoms with Crippen molar-refractivity contribution in [3.8, 4) is 11.6 Å². The van der Waals surface area contributed by atoms with Crippen LogP contribution >= 0.6 is 11.8 Å². The average Bonchev–Trinajstić information content (AvgIpc) is 3.41. The number of aromatic nitrogens is 3. The molecule has 0 unspecified atom stereocenters. The van der Waals surface area contributed by atoms with E-state index in [9.17, 15) is 4.79 Å². The summed E-state index contributed by atoms with van der Waals surface area (Å²) in [5, 5.41) is 9.61. The van der Waals surface area contributed by atoms with E-state index in [4.69, 9.17) is 4.42 Å². The number of furan rings is 1. The smallest absolute Gasteiger partial charge is 0.233 e. The zero-order chi connectivity index (χ0) is 17.1. The van der Waals surface area contributed by atoms with Gasteiger partial charge in [-0.25, -0.2) is 0 Å². The molecule has 0 N–H and O–H groups in total. The standard InChI is InChI=1S/C18H24N4O2S/c23-16(21-10-4-5-11-21)13-25-18-20-19-17(15-9-6-12-24-15)22(18)14-7-2-1-3-8-14/h6,9,12,14H,1-5,7-8,10-11,13H2. The molecule has 0 aromatic carbocycles. The van der Waals surface area contributed by atoms with Crippen LogP contribution in [0, 0.1) is 0 Å². The topological polar surface area (TPSA) is 64.2 Å². The molecule has 1 aliphatic heterocycles. The Morgan fingerprint density at radius 3 is 2.68 bits per heavy atom. The first-order valence-electron chi connectivity index (χ1n) is 9.22. The van der Waals surface area contributed by atoms with Gasteiger partial charge in [-0.1, -0.05) is 31.0 Å². The van der Waals surface area contributed by atoms with Crippen LogP contribution in [-0.2, 0) is 4.79 Å². The molecule has 2 aromatic heterocycles. The van der Waals surface area contributed by atoms with Crippen molar-refractivity contribution in [2.45, 2.75) is 56.1 Å². The van der Waals surface area contributed by atoms with Gasteiger partial charge in [0.1, 0.15) is 0 Å². The second-order valence-electron chi connectivity index (χ2n) is 6.82. The summed E-state index contributed by atoms with van der Waals surface area (Å²) in [6, 6.07) is 4.19. The van der Waals surface area contributed by atoms with Crippen LogP contribution in [0.1, 0.15) is 51.0 Å². The zero-order valence-electron chi connectivity index (χ0n) is 14.4. The van der Waals surface area contributed by atoms with E-state index in [-0.39, 0.29) is 5.91 Å². The Kier molecular flexibility index (Phi) is 5.10. The molecule has 1 aliphatic carbocycles. The van der Waals surface area contributed by atoms with Crippen LogP contribution in [0.4, 0.5) is 0 Å². The van der Waals surface area contributed by atoms with E-state index < -0.39 is 0 Å². The number of amides is 1. The molecular formula is C18H24N4O2S. The third-order valence-corrected chi connectivity index (χ3v) is 6.06. The molecule has 1 amide bonds. The molecule has 3 heterocycles. The molecule has 2 fully saturated rings. The van der Waals surface area contributed by atoms with Crippen LogP contribution in [0.15, 0.2) is 28.0 Å². The fraction of sp³-hybridized carbons (Fsp3) is 0.611. The Morgan fingerprint density at radius 2 is 1.96 bits per heavy atom. The van der Waals surface area contributed by atoms with Gasteiger partial charge in [-0.05, 0) is 37.8 Å². The number of likely N-dealkylation sites (tertiary alicyclic amines) is 1. The molecule has 2 aromatic rings. The van der Waals surface area contributed by atoms with E-state index in [2.05, 4.69) is 14.8 Å². The fourth-order valence-corrected chi connectivity index (χ4v) is 4.71. The lowest BCUT2D eigenvalue weighted by molar-refractivity contribution is -0.127. The summed E-state index contributed by atoms with van der Waals surface area (Å²) in [5.41, 5.74) is 0. The van der Waals surface area contributed by atoms with E-state index >= 15 is 0 Å². The van der Waals surface area contributed by atoms with Crippen molar-refractivity contribution >= 4 is 17.7 Å². The molecule has 2 aliphatic rings. The van der Waals surface area contributed by atoms with Crippen molar-refractivity contribution in [1.29, 1.82) is 0 Å². The lowest BCUT2D eigenvalue weighted by Crippen LogP contribution is -2.29. The first-order chi connectivity index (χ1) is 12.3. The predicted molar refractivity (Wildman–Crippen MR) is 96.4 cm³/mol. The Labute approximate surface area is 152 Å². The van der Waals surface area contributed by atoms with Gasteiger partial charge in [-0.2, -0.15) is 0 Å². The Morgan fingerprint density at radius 1 is 1.16 bits per heavy atom. The lowest BCUT2D eigenvalue weighted by atomic mass is 9.95. The summed E-state index contributed by atoms with van der Waals surface area (Å²) < 4.78 is 7.77. The van der Waals surface area contributed by atoms with Gasteiger partial charge in [0.25, 0.3) is 0 Å². The number of thioether (sulfide) groups is 1. The lowest BCUT2D eigenvalue weighted by Gasteiger charge is -2.25. The van der Waals surface area contributed by atoms with E-state index in [0.717, 1.165) is 55.5 Å². The Bertz CT molecular complexity index is 701. The summed E-state index contributed by atoms with van der Waals surface area (Å²) in [5.74, 6) is 2.17. The molecule has 1 saturated carbocycles. The number of rotatable bonds is 5. The van der Waals surface area contributed by atoms with E-state index in [1.165, 1.54) is 31.0 Å².